The van der Waals surface area contributed by atoms with E-state index in [1.54, 1.807) is 0 Å². The van der Waals surface area contributed by atoms with Crippen molar-refractivity contribution in [2.45, 2.75) is 38.8 Å². The van der Waals surface area contributed by atoms with E-state index in [1.165, 1.54) is 41.3 Å². The summed E-state index contributed by atoms with van der Waals surface area (Å²) in [6.07, 6.45) is 6.36. The van der Waals surface area contributed by atoms with Gasteiger partial charge in [-0.1, -0.05) is 18.6 Å². The van der Waals surface area contributed by atoms with Crippen LogP contribution in [0.2, 0.25) is 0 Å². The van der Waals surface area contributed by atoms with Crippen molar-refractivity contribution in [3.63, 3.8) is 0 Å². The third kappa shape index (κ3) is 1.98. The molecular formula is C15H20N2. The molecule has 0 aliphatic heterocycles. The average Bonchev–Trinajstić information content (AvgIpc) is 2.54. The molecule has 3 rings (SSSR count). The normalized spacial score (nSPS) is 16.4. The van der Waals surface area contributed by atoms with Crippen LogP contribution in [0.25, 0.3) is 10.9 Å². The Hall–Kier alpha value is -1.28. The molecule has 2 aromatic rings. The molecule has 0 amide bonds. The topological polar surface area (TPSA) is 17.0 Å². The molecule has 0 unspecified atom stereocenters. The molecule has 0 saturated heterocycles. The van der Waals surface area contributed by atoms with Crippen LogP contribution in [0.15, 0.2) is 24.4 Å². The zero-order valence-corrected chi connectivity index (χ0v) is 10.7. The first kappa shape index (κ1) is 10.8. The summed E-state index contributed by atoms with van der Waals surface area (Å²) in [5, 5.41) is 5.04. The molecule has 2 nitrogen and oxygen atoms in total. The number of rotatable bonds is 3. The van der Waals surface area contributed by atoms with Crippen molar-refractivity contribution in [1.29, 1.82) is 0 Å². The first-order valence-corrected chi connectivity index (χ1v) is 6.52. The molecule has 1 aromatic heterocycles. The molecule has 90 valence electrons. The number of benzene rings is 1. The molecule has 1 aromatic carbocycles. The minimum atomic E-state index is 0.760. The highest BCUT2D eigenvalue weighted by molar-refractivity contribution is 5.84. The molecular weight excluding hydrogens is 208 g/mol. The molecule has 17 heavy (non-hydrogen) atoms. The summed E-state index contributed by atoms with van der Waals surface area (Å²) in [4.78, 5) is 0. The van der Waals surface area contributed by atoms with Crippen LogP contribution in [0, 0.1) is 6.92 Å². The predicted molar refractivity (Wildman–Crippen MR) is 72.1 cm³/mol. The van der Waals surface area contributed by atoms with Crippen molar-refractivity contribution in [2.24, 2.45) is 7.05 Å². The molecule has 1 heterocycles. The van der Waals surface area contributed by atoms with E-state index in [4.69, 9.17) is 0 Å². The van der Waals surface area contributed by atoms with Crippen molar-refractivity contribution in [2.75, 3.05) is 0 Å². The standard InChI is InChI=1S/C15H20N2/c1-11-6-7-14-12(9-16-13-4-3-5-13)10-17(2)15(14)8-11/h6-8,10,13,16H,3-5,9H2,1-2H3. The molecule has 2 heteroatoms. The van der Waals surface area contributed by atoms with Gasteiger partial charge in [-0.15, -0.1) is 0 Å². The molecule has 0 bridgehead atoms. The molecule has 0 atom stereocenters. The van der Waals surface area contributed by atoms with Crippen LogP contribution in [0.1, 0.15) is 30.4 Å². The summed E-state index contributed by atoms with van der Waals surface area (Å²) in [6.45, 7) is 3.16. The molecule has 1 aliphatic carbocycles. The van der Waals surface area contributed by atoms with E-state index in [2.05, 4.69) is 48.3 Å². The van der Waals surface area contributed by atoms with E-state index >= 15 is 0 Å². The van der Waals surface area contributed by atoms with Gasteiger partial charge in [0.25, 0.3) is 0 Å². The van der Waals surface area contributed by atoms with Crippen LogP contribution in [-0.2, 0) is 13.6 Å². The fraction of sp³-hybridized carbons (Fsp3) is 0.467. The average molecular weight is 228 g/mol. The lowest BCUT2D eigenvalue weighted by Gasteiger charge is -2.26. The third-order valence-corrected chi connectivity index (χ3v) is 3.92. The van der Waals surface area contributed by atoms with Crippen LogP contribution in [0.4, 0.5) is 0 Å². The van der Waals surface area contributed by atoms with Crippen LogP contribution >= 0.6 is 0 Å². The second-order valence-electron chi connectivity index (χ2n) is 5.29. The second-order valence-corrected chi connectivity index (χ2v) is 5.29. The van der Waals surface area contributed by atoms with E-state index in [9.17, 15) is 0 Å². The quantitative estimate of drug-likeness (QED) is 0.854. The van der Waals surface area contributed by atoms with E-state index < -0.39 is 0 Å². The van der Waals surface area contributed by atoms with Gasteiger partial charge in [0.1, 0.15) is 0 Å². The maximum absolute atomic E-state index is 3.64. The first-order chi connectivity index (χ1) is 8.24. The van der Waals surface area contributed by atoms with E-state index in [1.807, 2.05) is 0 Å². The lowest BCUT2D eigenvalue weighted by atomic mass is 9.93. The van der Waals surface area contributed by atoms with Crippen LogP contribution in [0.3, 0.4) is 0 Å². The Labute approximate surface area is 103 Å². The second kappa shape index (κ2) is 4.19. The van der Waals surface area contributed by atoms with Crippen molar-refractivity contribution in [3.05, 3.63) is 35.5 Å². The Morgan fingerprint density at radius 3 is 2.88 bits per heavy atom. The Bertz CT molecular complexity index is 535. The largest absolute Gasteiger partial charge is 0.350 e. The highest BCUT2D eigenvalue weighted by Crippen LogP contribution is 2.23. The summed E-state index contributed by atoms with van der Waals surface area (Å²) < 4.78 is 2.24. The lowest BCUT2D eigenvalue weighted by Crippen LogP contribution is -2.34. The van der Waals surface area contributed by atoms with Crippen LogP contribution in [-0.4, -0.2) is 10.6 Å². The van der Waals surface area contributed by atoms with Gasteiger partial charge < -0.3 is 9.88 Å². The van der Waals surface area contributed by atoms with Gasteiger partial charge >= 0.3 is 0 Å². The van der Waals surface area contributed by atoms with Crippen LogP contribution < -0.4 is 5.32 Å². The Morgan fingerprint density at radius 2 is 2.18 bits per heavy atom. The summed E-state index contributed by atoms with van der Waals surface area (Å²) in [5.41, 5.74) is 4.10. The SMILES string of the molecule is Cc1ccc2c(CNC3CCC3)cn(C)c2c1. The van der Waals surface area contributed by atoms with Crippen molar-refractivity contribution in [3.8, 4) is 0 Å². The number of hydrogen-bond acceptors (Lipinski definition) is 1. The predicted octanol–water partition coefficient (Wildman–Crippen LogP) is 3.13. The maximum atomic E-state index is 3.64. The summed E-state index contributed by atoms with van der Waals surface area (Å²) in [6, 6.07) is 7.48. The smallest absolute Gasteiger partial charge is 0.0483 e. The van der Waals surface area contributed by atoms with Gasteiger partial charge in [0.2, 0.25) is 0 Å². The summed E-state index contributed by atoms with van der Waals surface area (Å²) in [7, 11) is 2.13. The molecule has 1 fully saturated rings. The van der Waals surface area contributed by atoms with Gasteiger partial charge in [0.05, 0.1) is 0 Å². The third-order valence-electron chi connectivity index (χ3n) is 3.92. The number of fused-ring (bicyclic) bond motifs is 1. The number of aryl methyl sites for hydroxylation is 2. The fourth-order valence-electron chi connectivity index (χ4n) is 2.59. The lowest BCUT2D eigenvalue weighted by molar-refractivity contribution is 0.338. The van der Waals surface area contributed by atoms with E-state index in [0.29, 0.717) is 0 Å². The number of hydrogen-bond donors (Lipinski definition) is 1. The highest BCUT2D eigenvalue weighted by Gasteiger charge is 2.17. The van der Waals surface area contributed by atoms with Crippen molar-refractivity contribution >= 4 is 10.9 Å². The molecule has 1 N–H and O–H groups in total. The van der Waals surface area contributed by atoms with E-state index in [0.717, 1.165) is 12.6 Å². The highest BCUT2D eigenvalue weighted by atomic mass is 15.0. The zero-order valence-electron chi connectivity index (χ0n) is 10.7. The molecule has 0 spiro atoms. The summed E-state index contributed by atoms with van der Waals surface area (Å²) in [5.74, 6) is 0. The minimum Gasteiger partial charge on any atom is -0.350 e. The van der Waals surface area contributed by atoms with Crippen molar-refractivity contribution < 1.29 is 0 Å². The van der Waals surface area contributed by atoms with Crippen molar-refractivity contribution in [1.82, 2.24) is 9.88 Å². The molecule has 1 saturated carbocycles. The fourth-order valence-corrected chi connectivity index (χ4v) is 2.59. The zero-order chi connectivity index (χ0) is 11.8. The number of nitrogens with one attached hydrogen (secondary N) is 1. The van der Waals surface area contributed by atoms with Gasteiger partial charge in [-0.2, -0.15) is 0 Å². The van der Waals surface area contributed by atoms with Gasteiger partial charge in [-0.3, -0.25) is 0 Å². The van der Waals surface area contributed by atoms with Crippen LogP contribution in [0.5, 0.6) is 0 Å². The number of nitrogens with zero attached hydrogens (tertiary/aromatic N) is 1. The van der Waals surface area contributed by atoms with Gasteiger partial charge in [-0.25, -0.2) is 0 Å². The van der Waals surface area contributed by atoms with Gasteiger partial charge in [0, 0.05) is 36.7 Å². The molecule has 1 aliphatic rings. The Balaban J connectivity index is 1.88. The van der Waals surface area contributed by atoms with Gasteiger partial charge in [-0.05, 0) is 37.0 Å². The maximum Gasteiger partial charge on any atom is 0.0483 e. The summed E-state index contributed by atoms with van der Waals surface area (Å²) >= 11 is 0. The Kier molecular flexibility index (Phi) is 2.67. The molecule has 0 radical (unpaired) electrons. The monoisotopic (exact) mass is 228 g/mol. The van der Waals surface area contributed by atoms with Gasteiger partial charge in [0.15, 0.2) is 0 Å². The number of aromatic nitrogens is 1. The Morgan fingerprint density at radius 1 is 1.35 bits per heavy atom. The van der Waals surface area contributed by atoms with E-state index in [-0.39, 0.29) is 0 Å². The minimum absolute atomic E-state index is 0.760. The first-order valence-electron chi connectivity index (χ1n) is 6.52.